The average molecular weight is 1330 g/mol. The van der Waals surface area contributed by atoms with E-state index in [-0.39, 0.29) is 64.3 Å². The number of carbonyl (C=O) groups is 8. The van der Waals surface area contributed by atoms with Gasteiger partial charge in [-0.1, -0.05) is 77.6 Å². The lowest BCUT2D eigenvalue weighted by atomic mass is 10.0. The lowest BCUT2D eigenvalue weighted by Gasteiger charge is -2.32. The Kier molecular flexibility index (Phi) is 22.1. The third-order valence-corrected chi connectivity index (χ3v) is 20.9. The number of nitrogens with two attached hydrogens (primary N) is 1. The maximum atomic E-state index is 14.0. The van der Waals surface area contributed by atoms with Gasteiger partial charge in [0.15, 0.2) is 0 Å². The first-order valence-corrected chi connectivity index (χ1v) is 35.6. The molecule has 93 heavy (non-hydrogen) atoms. The van der Waals surface area contributed by atoms with E-state index in [0.717, 1.165) is 82.4 Å². The van der Waals surface area contributed by atoms with Gasteiger partial charge in [-0.25, -0.2) is 35.9 Å². The number of nitrogens with zero attached hydrogens (tertiary/aromatic N) is 2. The molecule has 2 aromatic heterocycles. The Morgan fingerprint density at radius 2 is 1.00 bits per heavy atom. The third-order valence-electron chi connectivity index (χ3n) is 18.2. The topological polar surface area (TPSA) is 368 Å². The Balaban J connectivity index is 0.000000198. The van der Waals surface area contributed by atoms with Gasteiger partial charge in [-0.3, -0.25) is 28.8 Å². The number of H-pyrrole nitrogens is 2. The van der Waals surface area contributed by atoms with Crippen LogP contribution in [-0.4, -0.2) is 150 Å². The second-order valence-electron chi connectivity index (χ2n) is 29.0. The Bertz CT molecular complexity index is 3630. The first kappa shape index (κ1) is 71.6. The van der Waals surface area contributed by atoms with Crippen molar-refractivity contribution in [2.24, 2.45) is 53.1 Å². The summed E-state index contributed by atoms with van der Waals surface area (Å²) in [6.45, 7) is 17.8. The minimum atomic E-state index is -4.26. The number of aromatic nitrogens is 2. The average Bonchev–Trinajstić information content (AvgIpc) is 1.56. The minimum Gasteiger partial charge on any atom is -0.480 e. The number of aromatic amines is 2. The van der Waals surface area contributed by atoms with Crippen molar-refractivity contribution in [3.8, 4) is 0 Å². The molecular formula is C66H96N10O15S2. The number of carboxylic acid groups (broad SMARTS) is 1. The van der Waals surface area contributed by atoms with Gasteiger partial charge in [0.2, 0.25) is 17.7 Å². The maximum absolute atomic E-state index is 14.0. The molecule has 4 aromatic rings. The fourth-order valence-corrected chi connectivity index (χ4v) is 15.4. The van der Waals surface area contributed by atoms with Crippen LogP contribution in [0.1, 0.15) is 159 Å². The van der Waals surface area contributed by atoms with Crippen LogP contribution in [0.4, 0.5) is 9.59 Å². The number of benzene rings is 2. The molecule has 6 aliphatic rings. The predicted molar refractivity (Wildman–Crippen MR) is 347 cm³/mol. The normalized spacial score (nSPS) is 22.1. The van der Waals surface area contributed by atoms with Crippen LogP contribution in [0.25, 0.3) is 21.8 Å². The molecule has 0 bridgehead atoms. The van der Waals surface area contributed by atoms with Gasteiger partial charge in [-0.15, -0.1) is 0 Å². The molecule has 10 N–H and O–H groups in total. The number of carbonyl (C=O) groups excluding carboxylic acids is 7. The SMILES string of the molecule is CC(C)[C@H](NC(=O)OC(C)(C)C)C(=O)N(CC(=O)N[C@]1(C(=O)NS(=O)(=O)c2cccc3cc[nH]c23)C[C@H]1C1CC1)CC1CCCC1.CC(C)[C@H](NC(=O)OC(C)(C)C)C(=O)N(CC(=O)O)CC1CCCC1.N[C@]1(C(=O)NS(=O)(=O)c2cccc3cc[nH]c23)C[C@H]1C1CC1. The largest absolute Gasteiger partial charge is 0.480 e. The lowest BCUT2D eigenvalue weighted by molar-refractivity contribution is -0.146. The summed E-state index contributed by atoms with van der Waals surface area (Å²) in [5.74, 6) is -3.01. The van der Waals surface area contributed by atoms with E-state index in [0.29, 0.717) is 54.2 Å². The number of nitrogens with one attached hydrogen (secondary N) is 7. The number of carboxylic acids is 1. The smallest absolute Gasteiger partial charge is 0.408 e. The zero-order chi connectivity index (χ0) is 68.2. The molecule has 0 radical (unpaired) electrons. The van der Waals surface area contributed by atoms with E-state index in [2.05, 4.69) is 35.4 Å². The number of amides is 7. The Morgan fingerprint density at radius 1 is 0.591 bits per heavy atom. The molecule has 6 aliphatic carbocycles. The number of fused-ring (bicyclic) bond motifs is 2. The molecule has 7 amide bonds. The Labute approximate surface area is 545 Å². The second-order valence-corrected chi connectivity index (χ2v) is 32.3. The molecule has 0 aliphatic heterocycles. The van der Waals surface area contributed by atoms with Crippen LogP contribution in [0.5, 0.6) is 0 Å². The van der Waals surface area contributed by atoms with Gasteiger partial charge in [0, 0.05) is 36.3 Å². The van der Waals surface area contributed by atoms with Crippen molar-refractivity contribution in [2.45, 2.75) is 203 Å². The molecule has 2 aromatic carbocycles. The lowest BCUT2D eigenvalue weighted by Crippen LogP contribution is -2.57. The summed E-state index contributed by atoms with van der Waals surface area (Å²) in [5, 5.41) is 18.8. The molecular weight excluding hydrogens is 1240 g/mol. The summed E-state index contributed by atoms with van der Waals surface area (Å²) in [4.78, 5) is 111. The Morgan fingerprint density at radius 3 is 1.40 bits per heavy atom. The van der Waals surface area contributed by atoms with Crippen molar-refractivity contribution >= 4 is 89.5 Å². The number of alkyl carbamates (subject to hydrolysis) is 2. The van der Waals surface area contributed by atoms with Crippen LogP contribution in [0, 0.1) is 47.3 Å². The van der Waals surface area contributed by atoms with Gasteiger partial charge >= 0.3 is 18.2 Å². The number of aliphatic carboxylic acids is 1. The zero-order valence-corrected chi connectivity index (χ0v) is 56.9. The molecule has 6 saturated carbocycles. The van der Waals surface area contributed by atoms with Gasteiger partial charge in [-0.2, -0.15) is 0 Å². The van der Waals surface area contributed by atoms with Crippen LogP contribution in [0.2, 0.25) is 0 Å². The molecule has 10 rings (SSSR count). The number of hydrogen-bond donors (Lipinski definition) is 9. The standard InChI is InChI=1S/C33H47N5O7S.C18H32N2O5.C15H17N3O3S/c1-20(2)27(35-31(42)45-32(3,4)5)29(40)38(18-21-9-6-7-10-21)19-26(39)36-33(17-24(33)22-13-14-22)30(41)37-46(43,44)25-12-8-11-23-15-16-34-28(23)25;1-12(2)15(19-17(24)25-18(3,4)5)16(23)20(11-14(21)22)10-13-8-6-7-9-13;16-15(8-11(15)9-4-5-9)14(19)18-22(20,21)12-3-1-2-10-6-7-17-13(10)12/h8,11-12,15-16,20-22,24,27,34H,6-7,9-10,13-14,17-19H2,1-5H3,(H,35,42)(H,36,39)(H,37,41);12-13,15H,6-11H2,1-5H3,(H,19,24)(H,21,22);1-3,6-7,9,11,17H,4-5,8,16H2,(H,18,19)/t24-,27-,33+;15-;11-,15+/m000/s1. The van der Waals surface area contributed by atoms with Crippen LogP contribution in [0.3, 0.4) is 0 Å². The first-order chi connectivity index (χ1) is 43.5. The van der Waals surface area contributed by atoms with Crippen molar-refractivity contribution in [3.05, 3.63) is 60.9 Å². The summed E-state index contributed by atoms with van der Waals surface area (Å²) in [6.07, 6.45) is 15.0. The highest BCUT2D eigenvalue weighted by Gasteiger charge is 2.66. The number of hydrogen-bond acceptors (Lipinski definition) is 15. The molecule has 0 saturated heterocycles. The minimum absolute atomic E-state index is 0.0565. The van der Waals surface area contributed by atoms with Crippen molar-refractivity contribution in [2.75, 3.05) is 26.2 Å². The van der Waals surface area contributed by atoms with Crippen molar-refractivity contribution in [3.63, 3.8) is 0 Å². The van der Waals surface area contributed by atoms with E-state index in [9.17, 15) is 55.2 Å². The van der Waals surface area contributed by atoms with Gasteiger partial charge < -0.3 is 56.0 Å². The monoisotopic (exact) mass is 1330 g/mol. The van der Waals surface area contributed by atoms with Gasteiger partial charge in [0.05, 0.1) is 23.1 Å². The van der Waals surface area contributed by atoms with Crippen LogP contribution >= 0.6 is 0 Å². The summed E-state index contributed by atoms with van der Waals surface area (Å²) in [6, 6.07) is 11.5. The summed E-state index contributed by atoms with van der Waals surface area (Å²) >= 11 is 0. The van der Waals surface area contributed by atoms with Crippen molar-refractivity contribution in [1.82, 2.24) is 45.2 Å². The van der Waals surface area contributed by atoms with Crippen LogP contribution < -0.4 is 31.1 Å². The van der Waals surface area contributed by atoms with E-state index < -0.39 is 96.2 Å². The predicted octanol–water partition coefficient (Wildman–Crippen LogP) is 7.57. The number of sulfonamides is 2. The zero-order valence-electron chi connectivity index (χ0n) is 55.2. The quantitative estimate of drug-likeness (QED) is 0.0346. The number of para-hydroxylation sites is 2. The van der Waals surface area contributed by atoms with Gasteiger partial charge in [-0.05, 0) is 177 Å². The highest BCUT2D eigenvalue weighted by molar-refractivity contribution is 7.90. The maximum Gasteiger partial charge on any atom is 0.408 e. The van der Waals surface area contributed by atoms with Crippen molar-refractivity contribution < 1.29 is 69.8 Å². The highest BCUT2D eigenvalue weighted by Crippen LogP contribution is 2.58. The van der Waals surface area contributed by atoms with E-state index in [1.54, 1.807) is 90.3 Å². The van der Waals surface area contributed by atoms with E-state index in [1.165, 1.54) is 21.9 Å². The number of ether oxygens (including phenoxy) is 2. The van der Waals surface area contributed by atoms with E-state index in [4.69, 9.17) is 20.3 Å². The Hall–Kier alpha value is -7.26. The second kappa shape index (κ2) is 28.8. The first-order valence-electron chi connectivity index (χ1n) is 32.7. The number of rotatable bonds is 23. The highest BCUT2D eigenvalue weighted by atomic mass is 32.2. The van der Waals surface area contributed by atoms with E-state index >= 15 is 0 Å². The fourth-order valence-electron chi connectivity index (χ4n) is 13.0. The fraction of sp³-hybridized carbons (Fsp3) is 0.636. The van der Waals surface area contributed by atoms with Gasteiger partial charge in [0.25, 0.3) is 31.9 Å². The summed E-state index contributed by atoms with van der Waals surface area (Å²) in [5.41, 5.74) is 3.12. The third kappa shape index (κ3) is 18.8. The molecule has 25 nitrogen and oxygen atoms in total. The van der Waals surface area contributed by atoms with Gasteiger partial charge in [0.1, 0.15) is 45.2 Å². The van der Waals surface area contributed by atoms with Crippen LogP contribution in [0.15, 0.2) is 70.7 Å². The summed E-state index contributed by atoms with van der Waals surface area (Å²) in [7, 11) is -8.20. The van der Waals surface area contributed by atoms with Crippen molar-refractivity contribution in [1.29, 1.82) is 0 Å². The summed E-state index contributed by atoms with van der Waals surface area (Å²) < 4.78 is 66.9. The molecule has 6 fully saturated rings. The molecule has 512 valence electrons. The molecule has 27 heteroatoms. The molecule has 0 unspecified atom stereocenters. The van der Waals surface area contributed by atoms with Crippen LogP contribution in [-0.2, 0) is 58.3 Å². The molecule has 6 atom stereocenters. The van der Waals surface area contributed by atoms with E-state index in [1.807, 2.05) is 27.7 Å². The molecule has 2 heterocycles. The molecule has 0 spiro atoms.